The Hall–Kier alpha value is 0.310. The lowest BCUT2D eigenvalue weighted by Crippen LogP contribution is -2.31. The zero-order valence-corrected chi connectivity index (χ0v) is 8.78. The third-order valence-corrected chi connectivity index (χ3v) is 2.45. The Morgan fingerprint density at radius 1 is 1.45 bits per heavy atom. The molecule has 0 aliphatic heterocycles. The van der Waals surface area contributed by atoms with Gasteiger partial charge in [-0.1, -0.05) is 6.92 Å². The highest BCUT2D eigenvalue weighted by molar-refractivity contribution is 8.00. The van der Waals surface area contributed by atoms with Crippen molar-refractivity contribution in [1.82, 2.24) is 4.90 Å². The monoisotopic (exact) mass is 174 g/mol. The third kappa shape index (κ3) is 5.57. The molecule has 0 saturated heterocycles. The van der Waals surface area contributed by atoms with Gasteiger partial charge in [-0.3, -0.25) is 0 Å². The van der Waals surface area contributed by atoms with Gasteiger partial charge >= 0.3 is 0 Å². The molecule has 11 heavy (non-hydrogen) atoms. The maximum absolute atomic E-state index is 3.75. The predicted molar refractivity (Wildman–Crippen MR) is 54.8 cm³/mol. The first-order chi connectivity index (χ1) is 5.22. The van der Waals surface area contributed by atoms with Crippen LogP contribution in [-0.2, 0) is 0 Å². The normalized spacial score (nSPS) is 11.5. The Morgan fingerprint density at radius 2 is 2.09 bits per heavy atom. The van der Waals surface area contributed by atoms with Crippen LogP contribution in [0.15, 0.2) is 0 Å². The summed E-state index contributed by atoms with van der Waals surface area (Å²) in [4.78, 5) is 2.48. The summed E-state index contributed by atoms with van der Waals surface area (Å²) < 4.78 is 0. The average Bonchev–Trinajstić information content (AvgIpc) is 1.97. The first-order valence-corrected chi connectivity index (χ1v) is 5.48. The van der Waals surface area contributed by atoms with Crippen LogP contribution in [0.3, 0.4) is 0 Å². The summed E-state index contributed by atoms with van der Waals surface area (Å²) in [7, 11) is 0. The Bertz CT molecular complexity index is 83.6. The van der Waals surface area contributed by atoms with Crippen molar-refractivity contribution in [2.45, 2.75) is 33.2 Å². The highest BCUT2D eigenvalue weighted by Gasteiger charge is 2.04. The number of nitrogens with zero attached hydrogens (tertiary/aromatic N) is 1. The Labute approximate surface area is 75.5 Å². The van der Waals surface area contributed by atoms with Crippen LogP contribution in [0.4, 0.5) is 0 Å². The van der Waals surface area contributed by atoms with Gasteiger partial charge in [0.2, 0.25) is 0 Å². The van der Waals surface area contributed by atoms with Crippen molar-refractivity contribution >= 4 is 11.8 Å². The van der Waals surface area contributed by atoms with Crippen LogP contribution >= 0.6 is 11.8 Å². The van der Waals surface area contributed by atoms with Crippen LogP contribution in [-0.4, -0.2) is 29.8 Å². The van der Waals surface area contributed by atoms with E-state index in [1.807, 2.05) is 0 Å². The van der Waals surface area contributed by atoms with Gasteiger partial charge < -0.3 is 4.90 Å². The molecule has 0 N–H and O–H groups in total. The molecule has 0 bridgehead atoms. The highest BCUT2D eigenvalue weighted by atomic mass is 32.2. The van der Waals surface area contributed by atoms with E-state index >= 15 is 0 Å². The Kier molecular flexibility index (Phi) is 7.18. The highest BCUT2D eigenvalue weighted by Crippen LogP contribution is 2.03. The van der Waals surface area contributed by atoms with E-state index in [-0.39, 0.29) is 0 Å². The Balaban J connectivity index is 3.36. The van der Waals surface area contributed by atoms with Gasteiger partial charge in [0.1, 0.15) is 0 Å². The third-order valence-electron chi connectivity index (χ3n) is 1.87. The van der Waals surface area contributed by atoms with Crippen molar-refractivity contribution in [3.63, 3.8) is 0 Å². The van der Waals surface area contributed by atoms with Gasteiger partial charge in [0.15, 0.2) is 0 Å². The summed E-state index contributed by atoms with van der Waals surface area (Å²) in [5, 5.41) is 0. The zero-order valence-electron chi connectivity index (χ0n) is 7.97. The van der Waals surface area contributed by atoms with Gasteiger partial charge in [-0.15, -0.1) is 0 Å². The molecular formula is C9H20NS. The molecule has 0 spiro atoms. The molecule has 0 aromatic rings. The largest absolute Gasteiger partial charge is 0.301 e. The molecule has 67 valence electrons. The quantitative estimate of drug-likeness (QED) is 0.570. The molecule has 1 nitrogen and oxygen atoms in total. The smallest absolute Gasteiger partial charge is 0.00384 e. The molecule has 0 aromatic heterocycles. The van der Waals surface area contributed by atoms with Gasteiger partial charge in [-0.05, 0) is 39.1 Å². The lowest BCUT2D eigenvalue weighted by Gasteiger charge is -2.24. The molecule has 0 aromatic carbocycles. The van der Waals surface area contributed by atoms with Crippen LogP contribution in [0.2, 0.25) is 0 Å². The first-order valence-electron chi connectivity index (χ1n) is 4.33. The van der Waals surface area contributed by atoms with Gasteiger partial charge in [-0.2, -0.15) is 11.8 Å². The molecule has 0 heterocycles. The molecule has 0 saturated carbocycles. The van der Waals surface area contributed by atoms with Gasteiger partial charge in [-0.25, -0.2) is 0 Å². The summed E-state index contributed by atoms with van der Waals surface area (Å²) in [5.41, 5.74) is 0. The minimum Gasteiger partial charge on any atom is -0.301 e. The van der Waals surface area contributed by atoms with E-state index in [2.05, 4.69) is 31.9 Å². The maximum Gasteiger partial charge on any atom is 0.00384 e. The van der Waals surface area contributed by atoms with E-state index in [0.29, 0.717) is 6.04 Å². The minimum atomic E-state index is 0.690. The summed E-state index contributed by atoms with van der Waals surface area (Å²) in [5.74, 6) is 1.18. The van der Waals surface area contributed by atoms with Crippen LogP contribution < -0.4 is 0 Å². The first kappa shape index (κ1) is 11.3. The Morgan fingerprint density at radius 3 is 2.45 bits per heavy atom. The number of hydrogen-bond donors (Lipinski definition) is 0. The van der Waals surface area contributed by atoms with Crippen LogP contribution in [0, 0.1) is 6.26 Å². The average molecular weight is 174 g/mol. The molecule has 0 atom stereocenters. The second-order valence-electron chi connectivity index (χ2n) is 2.98. The predicted octanol–water partition coefficient (Wildman–Crippen LogP) is 2.63. The van der Waals surface area contributed by atoms with Crippen molar-refractivity contribution in [3.8, 4) is 0 Å². The van der Waals surface area contributed by atoms with Gasteiger partial charge in [0.05, 0.1) is 0 Å². The van der Waals surface area contributed by atoms with E-state index in [0.717, 1.165) is 0 Å². The fraction of sp³-hybridized carbons (Fsp3) is 0.889. The topological polar surface area (TPSA) is 3.24 Å². The van der Waals surface area contributed by atoms with E-state index in [9.17, 15) is 0 Å². The zero-order chi connectivity index (χ0) is 8.69. The standard InChI is InChI=1S/C9H20NS/c1-5-10(9(2)3)7-6-8-11-4/h9H,4-8H2,1-3H3. The van der Waals surface area contributed by atoms with Crippen LogP contribution in [0.5, 0.6) is 0 Å². The van der Waals surface area contributed by atoms with Crippen molar-refractivity contribution in [3.05, 3.63) is 6.26 Å². The fourth-order valence-corrected chi connectivity index (χ4v) is 1.48. The fourth-order valence-electron chi connectivity index (χ4n) is 1.15. The summed E-state index contributed by atoms with van der Waals surface area (Å²) >= 11 is 1.69. The molecule has 0 aliphatic carbocycles. The van der Waals surface area contributed by atoms with Crippen molar-refractivity contribution in [1.29, 1.82) is 0 Å². The van der Waals surface area contributed by atoms with E-state index in [4.69, 9.17) is 0 Å². The van der Waals surface area contributed by atoms with Crippen molar-refractivity contribution in [2.24, 2.45) is 0 Å². The molecule has 0 rings (SSSR count). The minimum absolute atomic E-state index is 0.690. The van der Waals surface area contributed by atoms with Crippen molar-refractivity contribution < 1.29 is 0 Å². The van der Waals surface area contributed by atoms with E-state index in [1.165, 1.54) is 25.3 Å². The van der Waals surface area contributed by atoms with E-state index in [1.54, 1.807) is 11.8 Å². The summed E-state index contributed by atoms with van der Waals surface area (Å²) in [6, 6.07) is 0.690. The molecule has 1 radical (unpaired) electrons. The lowest BCUT2D eigenvalue weighted by molar-refractivity contribution is 0.235. The summed E-state index contributed by atoms with van der Waals surface area (Å²) in [6.07, 6.45) is 5.02. The van der Waals surface area contributed by atoms with Gasteiger partial charge in [0.25, 0.3) is 0 Å². The molecule has 0 amide bonds. The number of hydrogen-bond acceptors (Lipinski definition) is 2. The number of thioether (sulfide) groups is 1. The molecular weight excluding hydrogens is 154 g/mol. The van der Waals surface area contributed by atoms with Crippen LogP contribution in [0.1, 0.15) is 27.2 Å². The molecule has 0 aliphatic rings. The van der Waals surface area contributed by atoms with E-state index < -0.39 is 0 Å². The van der Waals surface area contributed by atoms with Gasteiger partial charge in [0, 0.05) is 12.3 Å². The SMILES string of the molecule is [CH2]SCCCN(CC)C(C)C. The maximum atomic E-state index is 3.75. The molecule has 0 unspecified atom stereocenters. The molecule has 0 fully saturated rings. The molecule has 2 heteroatoms. The van der Waals surface area contributed by atoms with Crippen LogP contribution in [0.25, 0.3) is 0 Å². The second kappa shape index (κ2) is 6.99. The van der Waals surface area contributed by atoms with Crippen molar-refractivity contribution in [2.75, 3.05) is 18.8 Å². The number of rotatable bonds is 6. The second-order valence-corrected chi connectivity index (χ2v) is 3.80. The summed E-state index contributed by atoms with van der Waals surface area (Å²) in [6.45, 7) is 9.11. The lowest BCUT2D eigenvalue weighted by atomic mass is 10.3.